The monoisotopic (exact) mass is 450 g/mol. The lowest BCUT2D eigenvalue weighted by Gasteiger charge is -2.32. The van der Waals surface area contributed by atoms with Crippen molar-refractivity contribution in [1.82, 2.24) is 5.32 Å². The quantitative estimate of drug-likeness (QED) is 0.623. The molecule has 0 bridgehead atoms. The molecule has 23 heavy (non-hydrogen) atoms. The van der Waals surface area contributed by atoms with Gasteiger partial charge in [0.15, 0.2) is 0 Å². The fraction of sp³-hybridized carbons (Fsp3) is 0.588. The first-order valence-corrected chi connectivity index (χ1v) is 9.40. The molecule has 2 atom stereocenters. The van der Waals surface area contributed by atoms with Crippen LogP contribution in [0.2, 0.25) is 5.02 Å². The molecule has 0 saturated heterocycles. The van der Waals surface area contributed by atoms with Crippen molar-refractivity contribution < 1.29 is 9.53 Å². The summed E-state index contributed by atoms with van der Waals surface area (Å²) in [5, 5.41) is 7.30. The average Bonchev–Trinajstić information content (AvgIpc) is 2.40. The first-order chi connectivity index (χ1) is 10.7. The minimum absolute atomic E-state index is 0.154. The molecule has 128 valence electrons. The van der Waals surface area contributed by atoms with Crippen LogP contribution >= 0.6 is 34.2 Å². The number of carbonyl (C=O) groups excluding carboxylic acids is 1. The predicted octanol–water partition coefficient (Wildman–Crippen LogP) is 5.19. The van der Waals surface area contributed by atoms with E-state index in [4.69, 9.17) is 16.3 Å². The summed E-state index contributed by atoms with van der Waals surface area (Å²) in [5.74, 6) is 0. The number of anilines is 1. The van der Waals surface area contributed by atoms with Crippen LogP contribution in [0.3, 0.4) is 0 Å². The zero-order chi connectivity index (χ0) is 17.0. The summed E-state index contributed by atoms with van der Waals surface area (Å²) in [6.45, 7) is 5.63. The van der Waals surface area contributed by atoms with Crippen molar-refractivity contribution in [2.75, 3.05) is 5.32 Å². The van der Waals surface area contributed by atoms with Crippen molar-refractivity contribution in [2.45, 2.75) is 64.1 Å². The number of ether oxygens (including phenoxy) is 1. The summed E-state index contributed by atoms with van der Waals surface area (Å²) in [6.07, 6.45) is 3.75. The minimum Gasteiger partial charge on any atom is -0.444 e. The molecule has 1 aliphatic rings. The fourth-order valence-corrected chi connectivity index (χ4v) is 3.78. The van der Waals surface area contributed by atoms with Gasteiger partial charge in [0.1, 0.15) is 5.60 Å². The predicted molar refractivity (Wildman–Crippen MR) is 103 cm³/mol. The van der Waals surface area contributed by atoms with Gasteiger partial charge in [0.25, 0.3) is 0 Å². The molecule has 1 saturated carbocycles. The topological polar surface area (TPSA) is 50.4 Å². The number of nitrogens with one attached hydrogen (secondary N) is 2. The maximum atomic E-state index is 11.9. The number of benzene rings is 1. The highest BCUT2D eigenvalue weighted by Gasteiger charge is 2.25. The number of hydrogen-bond donors (Lipinski definition) is 2. The van der Waals surface area contributed by atoms with Gasteiger partial charge in [0, 0.05) is 26.4 Å². The second-order valence-electron chi connectivity index (χ2n) is 6.98. The number of alkyl carbamates (subject to hydrolysis) is 1. The number of hydrogen-bond acceptors (Lipinski definition) is 3. The van der Waals surface area contributed by atoms with Gasteiger partial charge in [-0.05, 0) is 87.2 Å². The van der Waals surface area contributed by atoms with E-state index in [0.29, 0.717) is 6.04 Å². The van der Waals surface area contributed by atoms with Crippen LogP contribution in [0.25, 0.3) is 0 Å². The Morgan fingerprint density at radius 1 is 1.30 bits per heavy atom. The zero-order valence-electron chi connectivity index (χ0n) is 13.8. The first kappa shape index (κ1) is 18.6. The van der Waals surface area contributed by atoms with Crippen LogP contribution in [0.5, 0.6) is 0 Å². The van der Waals surface area contributed by atoms with E-state index in [1.165, 1.54) is 0 Å². The Labute approximate surface area is 156 Å². The third kappa shape index (κ3) is 6.37. The van der Waals surface area contributed by atoms with Crippen LogP contribution < -0.4 is 10.6 Å². The SMILES string of the molecule is CC(C)(C)OC(=O)NC1CCCC(Nc2ccc(Cl)cc2I)C1. The van der Waals surface area contributed by atoms with Gasteiger partial charge < -0.3 is 15.4 Å². The van der Waals surface area contributed by atoms with Gasteiger partial charge in [0.2, 0.25) is 0 Å². The Kier molecular flexibility index (Phi) is 6.42. The van der Waals surface area contributed by atoms with Gasteiger partial charge in [-0.25, -0.2) is 4.79 Å². The molecule has 6 heteroatoms. The van der Waals surface area contributed by atoms with Gasteiger partial charge in [-0.3, -0.25) is 0 Å². The fourth-order valence-electron chi connectivity index (χ4n) is 2.75. The standard InChI is InChI=1S/C17H24ClIN2O2/c1-17(2,3)23-16(22)21-13-6-4-5-12(10-13)20-15-8-7-11(18)9-14(15)19/h7-9,12-13,20H,4-6,10H2,1-3H3,(H,21,22). The van der Waals surface area contributed by atoms with Crippen LogP contribution in [-0.2, 0) is 4.74 Å². The van der Waals surface area contributed by atoms with Crippen LogP contribution in [0.1, 0.15) is 46.5 Å². The minimum atomic E-state index is -0.462. The van der Waals surface area contributed by atoms with Gasteiger partial charge in [-0.2, -0.15) is 0 Å². The third-order valence-corrected chi connectivity index (χ3v) is 4.81. The highest BCUT2D eigenvalue weighted by molar-refractivity contribution is 14.1. The molecule has 1 fully saturated rings. The second-order valence-corrected chi connectivity index (χ2v) is 8.57. The van der Waals surface area contributed by atoms with Crippen LogP contribution in [0.15, 0.2) is 18.2 Å². The molecule has 2 N–H and O–H groups in total. The second kappa shape index (κ2) is 7.92. The molecule has 0 radical (unpaired) electrons. The number of halogens is 2. The highest BCUT2D eigenvalue weighted by atomic mass is 127. The molecule has 1 aromatic rings. The van der Waals surface area contributed by atoms with Gasteiger partial charge in [-0.1, -0.05) is 11.6 Å². The van der Waals surface area contributed by atoms with Crippen molar-refractivity contribution in [3.63, 3.8) is 0 Å². The van der Waals surface area contributed by atoms with Crippen LogP contribution in [-0.4, -0.2) is 23.8 Å². The van der Waals surface area contributed by atoms with Gasteiger partial charge in [0.05, 0.1) is 0 Å². The summed E-state index contributed by atoms with van der Waals surface area (Å²) >= 11 is 8.28. The van der Waals surface area contributed by atoms with E-state index in [0.717, 1.165) is 40.0 Å². The molecule has 0 heterocycles. The molecule has 0 spiro atoms. The maximum Gasteiger partial charge on any atom is 0.407 e. The molecule has 2 unspecified atom stereocenters. The Hall–Kier alpha value is -0.690. The van der Waals surface area contributed by atoms with Crippen molar-refractivity contribution >= 4 is 46.0 Å². The van der Waals surface area contributed by atoms with Gasteiger partial charge >= 0.3 is 6.09 Å². The normalized spacial score (nSPS) is 21.6. The number of rotatable bonds is 3. The molecular weight excluding hydrogens is 427 g/mol. The van der Waals surface area contributed by atoms with Crippen molar-refractivity contribution in [3.05, 3.63) is 26.8 Å². The molecular formula is C17H24ClIN2O2. The zero-order valence-corrected chi connectivity index (χ0v) is 16.7. The lowest BCUT2D eigenvalue weighted by Crippen LogP contribution is -2.43. The largest absolute Gasteiger partial charge is 0.444 e. The molecule has 0 aliphatic heterocycles. The van der Waals surface area contributed by atoms with Crippen LogP contribution in [0, 0.1) is 3.57 Å². The molecule has 4 nitrogen and oxygen atoms in total. The summed E-state index contributed by atoms with van der Waals surface area (Å²) in [5.41, 5.74) is 0.633. The maximum absolute atomic E-state index is 11.9. The lowest BCUT2D eigenvalue weighted by molar-refractivity contribution is 0.0492. The van der Waals surface area contributed by atoms with Crippen molar-refractivity contribution in [3.8, 4) is 0 Å². The molecule has 0 aromatic heterocycles. The summed E-state index contributed by atoms with van der Waals surface area (Å²) in [7, 11) is 0. The van der Waals surface area contributed by atoms with E-state index in [1.807, 2.05) is 39.0 Å². The van der Waals surface area contributed by atoms with E-state index in [-0.39, 0.29) is 12.1 Å². The summed E-state index contributed by atoms with van der Waals surface area (Å²) in [6, 6.07) is 6.35. The Morgan fingerprint density at radius 3 is 2.65 bits per heavy atom. The smallest absolute Gasteiger partial charge is 0.407 e. The lowest BCUT2D eigenvalue weighted by atomic mass is 9.91. The third-order valence-electron chi connectivity index (χ3n) is 3.69. The summed E-state index contributed by atoms with van der Waals surface area (Å²) in [4.78, 5) is 11.9. The molecule has 1 aromatic carbocycles. The van der Waals surface area contributed by atoms with Crippen molar-refractivity contribution in [2.24, 2.45) is 0 Å². The van der Waals surface area contributed by atoms with Crippen LogP contribution in [0.4, 0.5) is 10.5 Å². The Morgan fingerprint density at radius 2 is 2.00 bits per heavy atom. The molecule has 1 amide bonds. The van der Waals surface area contributed by atoms with E-state index < -0.39 is 5.60 Å². The number of amides is 1. The Bertz CT molecular complexity index is 560. The molecule has 2 rings (SSSR count). The highest BCUT2D eigenvalue weighted by Crippen LogP contribution is 2.27. The van der Waals surface area contributed by atoms with E-state index in [2.05, 4.69) is 33.2 Å². The van der Waals surface area contributed by atoms with Crippen molar-refractivity contribution in [1.29, 1.82) is 0 Å². The van der Waals surface area contributed by atoms with E-state index in [9.17, 15) is 4.79 Å². The first-order valence-electron chi connectivity index (χ1n) is 7.94. The van der Waals surface area contributed by atoms with E-state index >= 15 is 0 Å². The van der Waals surface area contributed by atoms with E-state index in [1.54, 1.807) is 0 Å². The average molecular weight is 451 g/mol. The number of carbonyl (C=O) groups is 1. The van der Waals surface area contributed by atoms with Gasteiger partial charge in [-0.15, -0.1) is 0 Å². The summed E-state index contributed by atoms with van der Waals surface area (Å²) < 4.78 is 6.45. The Balaban J connectivity index is 1.89. The molecule has 1 aliphatic carbocycles.